The van der Waals surface area contributed by atoms with E-state index < -0.39 is 66.3 Å². The summed E-state index contributed by atoms with van der Waals surface area (Å²) in [6, 6.07) is 0. The first-order valence-electron chi connectivity index (χ1n) is 10.3. The summed E-state index contributed by atoms with van der Waals surface area (Å²) in [7, 11) is 0. The predicted molar refractivity (Wildman–Crippen MR) is 104 cm³/mol. The summed E-state index contributed by atoms with van der Waals surface area (Å²) in [6.45, 7) is 9.96. The Balaban J connectivity index is 5.17. The van der Waals surface area contributed by atoms with E-state index in [0.717, 1.165) is 0 Å². The number of ether oxygens (including phenoxy) is 2. The summed E-state index contributed by atoms with van der Waals surface area (Å²) >= 11 is 0. The van der Waals surface area contributed by atoms with E-state index in [0.29, 0.717) is 12.8 Å². The van der Waals surface area contributed by atoms with Gasteiger partial charge in [0.15, 0.2) is 6.61 Å². The van der Waals surface area contributed by atoms with Gasteiger partial charge in [-0.2, -0.15) is 39.5 Å². The van der Waals surface area contributed by atoms with Gasteiger partial charge in [-0.1, -0.05) is 41.5 Å². The third-order valence-electron chi connectivity index (χ3n) is 5.92. The Morgan fingerprint density at radius 1 is 0.735 bits per heavy atom. The normalized spacial score (nSPS) is 16.1. The molecule has 0 amide bonds. The molecule has 1 unspecified atom stereocenters. The first-order valence-corrected chi connectivity index (χ1v) is 10.3. The summed E-state index contributed by atoms with van der Waals surface area (Å²) in [6.07, 6.45) is -8.37. The molecule has 202 valence electrons. The third kappa shape index (κ3) is 6.93. The van der Waals surface area contributed by atoms with Crippen molar-refractivity contribution in [3.8, 4) is 0 Å². The van der Waals surface area contributed by atoms with Gasteiger partial charge < -0.3 is 9.47 Å². The zero-order valence-electron chi connectivity index (χ0n) is 20.1. The smallest absolute Gasteiger partial charge is 0.460 e. The number of halogens is 9. The molecule has 0 radical (unpaired) electrons. The maximum atomic E-state index is 13.5. The fourth-order valence-corrected chi connectivity index (χ4v) is 3.22. The van der Waals surface area contributed by atoms with Crippen LogP contribution in [0.4, 0.5) is 39.5 Å². The van der Waals surface area contributed by atoms with Gasteiger partial charge in [0, 0.05) is 0 Å². The van der Waals surface area contributed by atoms with E-state index in [1.165, 1.54) is 0 Å². The van der Waals surface area contributed by atoms with E-state index in [1.54, 1.807) is 20.8 Å². The molecule has 0 N–H and O–H groups in total. The second kappa shape index (κ2) is 10.1. The van der Waals surface area contributed by atoms with Crippen molar-refractivity contribution in [1.82, 2.24) is 0 Å². The predicted octanol–water partition coefficient (Wildman–Crippen LogP) is 6.81. The van der Waals surface area contributed by atoms with Crippen molar-refractivity contribution in [1.29, 1.82) is 0 Å². The lowest BCUT2D eigenvalue weighted by Crippen LogP contribution is -2.61. The third-order valence-corrected chi connectivity index (χ3v) is 5.92. The number of carbonyl (C=O) groups excluding carboxylic acids is 2. The molecule has 0 rings (SSSR count). The molecule has 0 fully saturated rings. The van der Waals surface area contributed by atoms with Crippen molar-refractivity contribution in [2.75, 3.05) is 13.2 Å². The van der Waals surface area contributed by atoms with Crippen LogP contribution in [0.15, 0.2) is 0 Å². The fourth-order valence-electron chi connectivity index (χ4n) is 3.22. The summed E-state index contributed by atoms with van der Waals surface area (Å²) in [5, 5.41) is 0. The number of alkyl halides is 9. The van der Waals surface area contributed by atoms with Gasteiger partial charge in [0.05, 0.1) is 18.4 Å². The highest BCUT2D eigenvalue weighted by Crippen LogP contribution is 2.54. The van der Waals surface area contributed by atoms with Crippen molar-refractivity contribution in [2.45, 2.75) is 91.7 Å². The quantitative estimate of drug-likeness (QED) is 0.223. The van der Waals surface area contributed by atoms with Gasteiger partial charge in [0.1, 0.15) is 0 Å². The lowest BCUT2D eigenvalue weighted by atomic mass is 9.59. The number of carbonyl (C=O) groups is 2. The summed E-state index contributed by atoms with van der Waals surface area (Å²) < 4.78 is 124. The van der Waals surface area contributed by atoms with Crippen molar-refractivity contribution in [3.63, 3.8) is 0 Å². The van der Waals surface area contributed by atoms with Crippen LogP contribution in [0.3, 0.4) is 0 Å². The molecule has 0 aromatic rings. The maximum Gasteiger partial charge on any atom is 0.460 e. The lowest BCUT2D eigenvalue weighted by molar-refractivity contribution is -0.397. The van der Waals surface area contributed by atoms with E-state index >= 15 is 0 Å². The summed E-state index contributed by atoms with van der Waals surface area (Å²) in [4.78, 5) is 24.5. The average molecular weight is 518 g/mol. The number of esters is 2. The molecule has 0 aliphatic heterocycles. The molecule has 0 bridgehead atoms. The Morgan fingerprint density at radius 3 is 1.59 bits per heavy atom. The zero-order chi connectivity index (χ0) is 27.6. The van der Waals surface area contributed by atoms with E-state index in [4.69, 9.17) is 4.74 Å². The summed E-state index contributed by atoms with van der Waals surface area (Å²) in [5.41, 5.74) is -2.03. The lowest BCUT2D eigenvalue weighted by Gasteiger charge is -2.45. The van der Waals surface area contributed by atoms with Crippen molar-refractivity contribution in [3.05, 3.63) is 0 Å². The first kappa shape index (κ1) is 32.3. The zero-order valence-corrected chi connectivity index (χ0v) is 20.1. The van der Waals surface area contributed by atoms with E-state index in [9.17, 15) is 49.1 Å². The van der Waals surface area contributed by atoms with Gasteiger partial charge in [-0.05, 0) is 30.6 Å². The van der Waals surface area contributed by atoms with Crippen LogP contribution in [0, 0.1) is 16.2 Å². The Hall–Kier alpha value is -1.69. The van der Waals surface area contributed by atoms with Gasteiger partial charge in [-0.3, -0.25) is 4.79 Å². The summed E-state index contributed by atoms with van der Waals surface area (Å²) in [5.74, 6) is -22.0. The Labute approximate surface area is 192 Å². The van der Waals surface area contributed by atoms with Crippen molar-refractivity contribution < 1.29 is 58.6 Å². The van der Waals surface area contributed by atoms with Crippen LogP contribution in [-0.2, 0) is 19.1 Å². The molecule has 0 aromatic carbocycles. The highest BCUT2D eigenvalue weighted by Gasteiger charge is 2.81. The molecule has 0 spiro atoms. The molecule has 0 aliphatic carbocycles. The minimum Gasteiger partial charge on any atom is -0.463 e. The largest absolute Gasteiger partial charge is 0.463 e. The first-order chi connectivity index (χ1) is 14.8. The van der Waals surface area contributed by atoms with Crippen molar-refractivity contribution in [2.24, 2.45) is 16.2 Å². The van der Waals surface area contributed by atoms with Crippen LogP contribution in [0.25, 0.3) is 0 Å². The van der Waals surface area contributed by atoms with Crippen LogP contribution >= 0.6 is 0 Å². The van der Waals surface area contributed by atoms with Crippen LogP contribution in [0.1, 0.15) is 67.7 Å². The van der Waals surface area contributed by atoms with Gasteiger partial charge >= 0.3 is 35.9 Å². The SMILES string of the molecule is CCC(C)(C)C(C)(CC(C)(C)C)C(=O)OCC(=O)OCCC(F)(F)C(F)(F)C(F)(F)C(F)(F)F. The highest BCUT2D eigenvalue weighted by atomic mass is 19.4. The number of hydrogen-bond acceptors (Lipinski definition) is 4. The van der Waals surface area contributed by atoms with Crippen LogP contribution in [0.5, 0.6) is 0 Å². The van der Waals surface area contributed by atoms with Gasteiger partial charge in [-0.15, -0.1) is 0 Å². The van der Waals surface area contributed by atoms with E-state index in [1.807, 2.05) is 27.7 Å². The molecule has 13 heteroatoms. The molecule has 0 saturated carbocycles. The van der Waals surface area contributed by atoms with Crippen molar-refractivity contribution >= 4 is 11.9 Å². The van der Waals surface area contributed by atoms with Gasteiger partial charge in [-0.25, -0.2) is 4.79 Å². The van der Waals surface area contributed by atoms with Crippen LogP contribution in [-0.4, -0.2) is 49.1 Å². The topological polar surface area (TPSA) is 52.6 Å². The standard InChI is InChI=1S/C21H31F9O4/c1-8-16(5,6)17(7,12-15(2,3)4)14(32)34-11-13(31)33-10-9-18(22,23)19(24,25)20(26,27)21(28,29)30/h8-12H2,1-7H3. The van der Waals surface area contributed by atoms with Gasteiger partial charge in [0.25, 0.3) is 0 Å². The Morgan fingerprint density at radius 2 is 1.21 bits per heavy atom. The molecular formula is C21H31F9O4. The van der Waals surface area contributed by atoms with Crippen LogP contribution < -0.4 is 0 Å². The average Bonchev–Trinajstić information content (AvgIpc) is 2.62. The Kier molecular flexibility index (Phi) is 9.62. The molecule has 4 nitrogen and oxygen atoms in total. The molecular weight excluding hydrogens is 487 g/mol. The molecule has 0 saturated heterocycles. The molecule has 0 aromatic heterocycles. The minimum absolute atomic E-state index is 0.337. The molecule has 1 atom stereocenters. The van der Waals surface area contributed by atoms with Gasteiger partial charge in [0.2, 0.25) is 0 Å². The fraction of sp³-hybridized carbons (Fsp3) is 0.905. The second-order valence-electron chi connectivity index (χ2n) is 10.2. The maximum absolute atomic E-state index is 13.5. The number of hydrogen-bond donors (Lipinski definition) is 0. The molecule has 0 aliphatic rings. The second-order valence-corrected chi connectivity index (χ2v) is 10.2. The molecule has 34 heavy (non-hydrogen) atoms. The highest BCUT2D eigenvalue weighted by molar-refractivity contribution is 5.81. The monoisotopic (exact) mass is 518 g/mol. The van der Waals surface area contributed by atoms with Crippen LogP contribution in [0.2, 0.25) is 0 Å². The number of rotatable bonds is 11. The Bertz CT molecular complexity index is 725. The van der Waals surface area contributed by atoms with E-state index in [2.05, 4.69) is 4.74 Å². The van der Waals surface area contributed by atoms with E-state index in [-0.39, 0.29) is 5.41 Å². The minimum atomic E-state index is -7.02. The molecule has 0 heterocycles.